The third-order valence-electron chi connectivity index (χ3n) is 4.97. The fourth-order valence-electron chi connectivity index (χ4n) is 3.72. The van der Waals surface area contributed by atoms with Gasteiger partial charge in [-0.1, -0.05) is 84.0 Å². The molecule has 2 unspecified atom stereocenters. The molecule has 0 amide bonds. The second-order valence-corrected chi connectivity index (χ2v) is 6.65. The van der Waals surface area contributed by atoms with Gasteiger partial charge in [-0.05, 0) is 18.3 Å². The van der Waals surface area contributed by atoms with E-state index >= 15 is 0 Å². The van der Waals surface area contributed by atoms with E-state index < -0.39 is 5.97 Å². The minimum absolute atomic E-state index is 0.373. The molecule has 118 valence electrons. The first-order chi connectivity index (χ1) is 9.74. The number of carboxylic acid groups (broad SMARTS) is 1. The number of carboxylic acids is 1. The zero-order chi connectivity index (χ0) is 14.6. The molecule has 0 aliphatic heterocycles. The molecule has 0 heterocycles. The van der Waals surface area contributed by atoms with Crippen LogP contribution in [0.3, 0.4) is 0 Å². The summed E-state index contributed by atoms with van der Waals surface area (Å²) >= 11 is 0. The molecule has 2 atom stereocenters. The van der Waals surface area contributed by atoms with Crippen molar-refractivity contribution in [1.82, 2.24) is 0 Å². The highest BCUT2D eigenvalue weighted by molar-refractivity contribution is 5.66. The maximum absolute atomic E-state index is 10.7. The molecule has 20 heavy (non-hydrogen) atoms. The molecule has 0 saturated heterocycles. The number of rotatable bonds is 11. The Balaban J connectivity index is 2.10. The number of aliphatic carboxylic acids is 1. The zero-order valence-electron chi connectivity index (χ0n) is 13.4. The summed E-state index contributed by atoms with van der Waals surface area (Å²) in [6.45, 7) is 2.26. The molecule has 2 nitrogen and oxygen atoms in total. The predicted molar refractivity (Wildman–Crippen MR) is 84.9 cm³/mol. The van der Waals surface area contributed by atoms with Crippen molar-refractivity contribution in [2.75, 3.05) is 0 Å². The van der Waals surface area contributed by atoms with Crippen LogP contribution in [-0.2, 0) is 4.79 Å². The van der Waals surface area contributed by atoms with Crippen molar-refractivity contribution in [3.05, 3.63) is 0 Å². The fraction of sp³-hybridized carbons (Fsp3) is 0.944. The second kappa shape index (κ2) is 11.2. The largest absolute Gasteiger partial charge is 0.481 e. The lowest BCUT2D eigenvalue weighted by molar-refractivity contribution is -0.137. The Kier molecular flexibility index (Phi) is 9.78. The summed E-state index contributed by atoms with van der Waals surface area (Å²) in [4.78, 5) is 10.7. The smallest absolute Gasteiger partial charge is 0.303 e. The van der Waals surface area contributed by atoms with Crippen molar-refractivity contribution >= 4 is 5.97 Å². The van der Waals surface area contributed by atoms with Gasteiger partial charge >= 0.3 is 5.97 Å². The Morgan fingerprint density at radius 2 is 1.45 bits per heavy atom. The van der Waals surface area contributed by atoms with Crippen molar-refractivity contribution in [3.8, 4) is 0 Å². The molecule has 2 heteroatoms. The molecule has 0 aromatic heterocycles. The molecule has 1 fully saturated rings. The number of carbonyl (C=O) groups is 1. The van der Waals surface area contributed by atoms with Crippen LogP contribution in [0.15, 0.2) is 0 Å². The van der Waals surface area contributed by atoms with E-state index in [-0.39, 0.29) is 0 Å². The van der Waals surface area contributed by atoms with Gasteiger partial charge in [0, 0.05) is 6.42 Å². The molecule has 0 bridgehead atoms. The standard InChI is InChI=1S/C18H34O2/c1-2-3-4-5-6-7-8-11-16-12-9-10-13-17(16)14-15-18(19)20/h16-17H,2-15H2,1H3,(H,19,20). The second-order valence-electron chi connectivity index (χ2n) is 6.65. The van der Waals surface area contributed by atoms with E-state index in [2.05, 4.69) is 6.92 Å². The lowest BCUT2D eigenvalue weighted by atomic mass is 9.74. The van der Waals surface area contributed by atoms with E-state index in [1.54, 1.807) is 0 Å². The molecular weight excluding hydrogens is 248 g/mol. The monoisotopic (exact) mass is 282 g/mol. The molecule has 1 saturated carbocycles. The van der Waals surface area contributed by atoms with Crippen LogP contribution in [-0.4, -0.2) is 11.1 Å². The molecule has 0 aromatic carbocycles. The minimum Gasteiger partial charge on any atom is -0.481 e. The summed E-state index contributed by atoms with van der Waals surface area (Å²) in [5.41, 5.74) is 0. The number of hydrogen-bond acceptors (Lipinski definition) is 1. The van der Waals surface area contributed by atoms with Crippen LogP contribution in [0, 0.1) is 11.8 Å². The summed E-state index contributed by atoms with van der Waals surface area (Å²) in [5.74, 6) is 0.893. The maximum atomic E-state index is 10.7. The third-order valence-corrected chi connectivity index (χ3v) is 4.97. The van der Waals surface area contributed by atoms with Gasteiger partial charge in [0.15, 0.2) is 0 Å². The molecule has 0 radical (unpaired) electrons. The molecule has 0 spiro atoms. The van der Waals surface area contributed by atoms with Gasteiger partial charge in [-0.3, -0.25) is 4.79 Å². The Labute approximate surface area is 125 Å². The van der Waals surface area contributed by atoms with Crippen LogP contribution in [0.4, 0.5) is 0 Å². The van der Waals surface area contributed by atoms with Crippen molar-refractivity contribution in [3.63, 3.8) is 0 Å². The average Bonchev–Trinajstić information content (AvgIpc) is 2.45. The van der Waals surface area contributed by atoms with Crippen molar-refractivity contribution in [2.45, 2.75) is 96.8 Å². The Hall–Kier alpha value is -0.530. The Morgan fingerprint density at radius 1 is 0.900 bits per heavy atom. The van der Waals surface area contributed by atoms with Crippen molar-refractivity contribution in [1.29, 1.82) is 0 Å². The summed E-state index contributed by atoms with van der Waals surface area (Å²) < 4.78 is 0. The summed E-state index contributed by atoms with van der Waals surface area (Å²) in [7, 11) is 0. The van der Waals surface area contributed by atoms with E-state index in [4.69, 9.17) is 5.11 Å². The van der Waals surface area contributed by atoms with E-state index in [9.17, 15) is 4.79 Å². The molecule has 0 aromatic rings. The van der Waals surface area contributed by atoms with Gasteiger partial charge in [-0.15, -0.1) is 0 Å². The molecule has 1 aliphatic rings. The summed E-state index contributed by atoms with van der Waals surface area (Å²) in [6.07, 6.45) is 17.6. The number of hydrogen-bond donors (Lipinski definition) is 1. The van der Waals surface area contributed by atoms with E-state index in [0.29, 0.717) is 12.3 Å². The van der Waals surface area contributed by atoms with E-state index in [1.807, 2.05) is 0 Å². The van der Waals surface area contributed by atoms with E-state index in [0.717, 1.165) is 12.3 Å². The molecular formula is C18H34O2. The number of unbranched alkanes of at least 4 members (excludes halogenated alkanes) is 6. The first-order valence-electron chi connectivity index (χ1n) is 8.95. The minimum atomic E-state index is -0.620. The molecule has 1 rings (SSSR count). The van der Waals surface area contributed by atoms with Gasteiger partial charge < -0.3 is 5.11 Å². The SMILES string of the molecule is CCCCCCCCCC1CCCCC1CCC(=O)O. The van der Waals surface area contributed by atoms with Gasteiger partial charge in [0.1, 0.15) is 0 Å². The topological polar surface area (TPSA) is 37.3 Å². The van der Waals surface area contributed by atoms with Crippen LogP contribution in [0.1, 0.15) is 96.8 Å². The van der Waals surface area contributed by atoms with Crippen LogP contribution < -0.4 is 0 Å². The third kappa shape index (κ3) is 7.91. The van der Waals surface area contributed by atoms with Gasteiger partial charge in [-0.25, -0.2) is 0 Å². The van der Waals surface area contributed by atoms with Crippen LogP contribution in [0.5, 0.6) is 0 Å². The summed E-state index contributed by atoms with van der Waals surface area (Å²) in [5, 5.41) is 8.85. The van der Waals surface area contributed by atoms with Crippen LogP contribution >= 0.6 is 0 Å². The average molecular weight is 282 g/mol. The highest BCUT2D eigenvalue weighted by Gasteiger charge is 2.24. The van der Waals surface area contributed by atoms with Gasteiger partial charge in [0.2, 0.25) is 0 Å². The van der Waals surface area contributed by atoms with Gasteiger partial charge in [0.05, 0.1) is 0 Å². The highest BCUT2D eigenvalue weighted by Crippen LogP contribution is 2.36. The lowest BCUT2D eigenvalue weighted by Gasteiger charge is -2.31. The molecule has 1 N–H and O–H groups in total. The van der Waals surface area contributed by atoms with Crippen molar-refractivity contribution < 1.29 is 9.90 Å². The van der Waals surface area contributed by atoms with Crippen molar-refractivity contribution in [2.24, 2.45) is 11.8 Å². The Bertz CT molecular complexity index is 250. The van der Waals surface area contributed by atoms with Crippen LogP contribution in [0.25, 0.3) is 0 Å². The molecule has 1 aliphatic carbocycles. The lowest BCUT2D eigenvalue weighted by Crippen LogP contribution is -2.20. The van der Waals surface area contributed by atoms with Gasteiger partial charge in [0.25, 0.3) is 0 Å². The highest BCUT2D eigenvalue weighted by atomic mass is 16.4. The Morgan fingerprint density at radius 3 is 2.05 bits per heavy atom. The normalized spacial score (nSPS) is 22.9. The van der Waals surface area contributed by atoms with Gasteiger partial charge in [-0.2, -0.15) is 0 Å². The first kappa shape index (κ1) is 17.5. The summed E-state index contributed by atoms with van der Waals surface area (Å²) in [6, 6.07) is 0. The van der Waals surface area contributed by atoms with E-state index in [1.165, 1.54) is 77.0 Å². The maximum Gasteiger partial charge on any atom is 0.303 e. The predicted octanol–water partition coefficient (Wildman–Crippen LogP) is 5.80. The quantitative estimate of drug-likeness (QED) is 0.486. The zero-order valence-corrected chi connectivity index (χ0v) is 13.4. The fourth-order valence-corrected chi connectivity index (χ4v) is 3.72. The first-order valence-corrected chi connectivity index (χ1v) is 8.95. The van der Waals surface area contributed by atoms with Crippen LogP contribution in [0.2, 0.25) is 0 Å².